The predicted molar refractivity (Wildman–Crippen MR) is 119 cm³/mol. The third kappa shape index (κ3) is 4.01. The molecule has 0 radical (unpaired) electrons. The molecule has 4 rings (SSSR count). The van der Waals surface area contributed by atoms with E-state index in [0.717, 1.165) is 37.5 Å². The summed E-state index contributed by atoms with van der Waals surface area (Å²) >= 11 is 3.19. The van der Waals surface area contributed by atoms with Crippen LogP contribution in [0.4, 0.5) is 0 Å². The maximum atomic E-state index is 12.9. The molecule has 3 heterocycles. The molecule has 1 atom stereocenters. The first-order chi connectivity index (χ1) is 14.0. The van der Waals surface area contributed by atoms with Crippen molar-refractivity contribution in [3.63, 3.8) is 0 Å². The molecule has 0 aliphatic carbocycles. The van der Waals surface area contributed by atoms with E-state index in [-0.39, 0.29) is 5.91 Å². The molecule has 2 N–H and O–H groups in total. The maximum Gasteiger partial charge on any atom is 0.244 e. The summed E-state index contributed by atoms with van der Waals surface area (Å²) in [4.78, 5) is 20.1. The summed E-state index contributed by atoms with van der Waals surface area (Å²) in [6, 6.07) is 5.56. The molecule has 6 nitrogen and oxygen atoms in total. The molecule has 8 heteroatoms. The number of thiazole rings is 1. The lowest BCUT2D eigenvalue weighted by atomic mass is 10.0. The molecule has 0 spiro atoms. The van der Waals surface area contributed by atoms with Gasteiger partial charge in [0.05, 0.1) is 28.0 Å². The van der Waals surface area contributed by atoms with Crippen LogP contribution >= 0.6 is 23.3 Å². The molecule has 3 aromatic rings. The smallest absolute Gasteiger partial charge is 0.244 e. The molecule has 1 aliphatic heterocycles. The van der Waals surface area contributed by atoms with Crippen LogP contribution < -0.4 is 5.73 Å². The molecular formula is C21H23N5OS2. The average Bonchev–Trinajstić information content (AvgIpc) is 3.39. The topological polar surface area (TPSA) is 77.0 Å². The Labute approximate surface area is 178 Å². The highest BCUT2D eigenvalue weighted by Gasteiger charge is 2.30. The van der Waals surface area contributed by atoms with E-state index in [4.69, 9.17) is 5.73 Å². The highest BCUT2D eigenvalue weighted by Crippen LogP contribution is 2.29. The number of carbonyl (C=O) groups excluding carboxylic acids is 1. The van der Waals surface area contributed by atoms with Crippen molar-refractivity contribution < 1.29 is 4.79 Å². The molecule has 1 unspecified atom stereocenters. The van der Waals surface area contributed by atoms with Gasteiger partial charge in [-0.25, -0.2) is 9.07 Å². The number of nitrogens with zero attached hydrogens (tertiary/aromatic N) is 4. The summed E-state index contributed by atoms with van der Waals surface area (Å²) in [5, 5.41) is 4.67. The van der Waals surface area contributed by atoms with Gasteiger partial charge >= 0.3 is 0 Å². The Kier molecular flexibility index (Phi) is 5.58. The minimum absolute atomic E-state index is 0.0628. The van der Waals surface area contributed by atoms with Gasteiger partial charge < -0.3 is 10.6 Å². The van der Waals surface area contributed by atoms with Crippen molar-refractivity contribution in [2.24, 2.45) is 5.73 Å². The highest BCUT2D eigenvalue weighted by molar-refractivity contribution is 7.97. The van der Waals surface area contributed by atoms with Gasteiger partial charge in [-0.2, -0.15) is 5.10 Å². The van der Waals surface area contributed by atoms with E-state index in [1.165, 1.54) is 0 Å². The largest absolute Gasteiger partial charge is 0.331 e. The first-order valence-electron chi connectivity index (χ1n) is 9.39. The Balaban J connectivity index is 1.45. The van der Waals surface area contributed by atoms with Gasteiger partial charge in [-0.05, 0) is 44.5 Å². The SMILES string of the molecule is C/C=C\C(=C(C)C)C(N)C(=O)N1Cc2cn(Sc3ccc4ncsc4c3)nc2C1. The van der Waals surface area contributed by atoms with Crippen molar-refractivity contribution in [2.45, 2.75) is 44.8 Å². The van der Waals surface area contributed by atoms with Crippen molar-refractivity contribution in [3.05, 3.63) is 64.5 Å². The molecule has 29 heavy (non-hydrogen) atoms. The van der Waals surface area contributed by atoms with E-state index in [9.17, 15) is 4.79 Å². The van der Waals surface area contributed by atoms with Crippen LogP contribution in [-0.4, -0.2) is 31.0 Å². The molecule has 150 valence electrons. The minimum atomic E-state index is -0.646. The zero-order valence-electron chi connectivity index (χ0n) is 16.6. The molecule has 1 amide bonds. The lowest BCUT2D eigenvalue weighted by Crippen LogP contribution is -2.42. The second-order valence-electron chi connectivity index (χ2n) is 7.20. The molecule has 0 saturated heterocycles. The Morgan fingerprint density at radius 2 is 2.17 bits per heavy atom. The number of fused-ring (bicyclic) bond motifs is 2. The first-order valence-corrected chi connectivity index (χ1v) is 11.0. The fourth-order valence-corrected chi connectivity index (χ4v) is 5.05. The van der Waals surface area contributed by atoms with Crippen LogP contribution in [0.25, 0.3) is 10.2 Å². The lowest BCUT2D eigenvalue weighted by molar-refractivity contribution is -0.132. The van der Waals surface area contributed by atoms with Gasteiger partial charge in [0.15, 0.2) is 0 Å². The first kappa shape index (κ1) is 19.9. The molecule has 2 aromatic heterocycles. The third-order valence-corrected chi connectivity index (χ3v) is 6.53. The van der Waals surface area contributed by atoms with Gasteiger partial charge in [-0.3, -0.25) is 4.79 Å². The van der Waals surface area contributed by atoms with E-state index in [2.05, 4.69) is 22.2 Å². The second-order valence-corrected chi connectivity index (χ2v) is 9.12. The van der Waals surface area contributed by atoms with Gasteiger partial charge in [0.1, 0.15) is 6.04 Å². The van der Waals surface area contributed by atoms with Gasteiger partial charge in [0.25, 0.3) is 0 Å². The molecule has 0 fully saturated rings. The Morgan fingerprint density at radius 1 is 1.34 bits per heavy atom. The van der Waals surface area contributed by atoms with Gasteiger partial charge in [0.2, 0.25) is 5.91 Å². The number of nitrogens with two attached hydrogens (primary N) is 1. The van der Waals surface area contributed by atoms with E-state index in [1.54, 1.807) is 28.2 Å². The molecule has 0 saturated carbocycles. The third-order valence-electron chi connectivity index (χ3n) is 4.90. The summed E-state index contributed by atoms with van der Waals surface area (Å²) in [7, 11) is 0. The second kappa shape index (κ2) is 8.14. The maximum absolute atomic E-state index is 12.9. The molecule has 1 aromatic carbocycles. The van der Waals surface area contributed by atoms with E-state index >= 15 is 0 Å². The number of hydrogen-bond donors (Lipinski definition) is 1. The quantitative estimate of drug-likeness (QED) is 0.622. The number of amides is 1. The van der Waals surface area contributed by atoms with Crippen LogP contribution in [0.3, 0.4) is 0 Å². The zero-order valence-corrected chi connectivity index (χ0v) is 18.3. The van der Waals surface area contributed by atoms with Crippen molar-refractivity contribution in [3.8, 4) is 0 Å². The van der Waals surface area contributed by atoms with Crippen LogP contribution in [0.15, 0.2) is 58.1 Å². The van der Waals surface area contributed by atoms with E-state index in [0.29, 0.717) is 13.1 Å². The number of aromatic nitrogens is 3. The summed E-state index contributed by atoms with van der Waals surface area (Å²) in [6.07, 6.45) is 5.84. The molecule has 1 aliphatic rings. The standard InChI is InChI=1S/C21H23N5OS2/c1-4-5-16(13(2)3)20(22)21(27)25-9-14-10-26(24-18(14)11-25)29-15-6-7-17-19(8-15)28-12-23-17/h4-8,10,12,20H,9,11,22H2,1-3H3/b5-4-. The summed E-state index contributed by atoms with van der Waals surface area (Å²) in [6.45, 7) is 6.93. The summed E-state index contributed by atoms with van der Waals surface area (Å²) in [5.74, 6) is -0.0628. The van der Waals surface area contributed by atoms with Crippen LogP contribution in [-0.2, 0) is 17.9 Å². The highest BCUT2D eigenvalue weighted by atomic mass is 32.2. The van der Waals surface area contributed by atoms with E-state index < -0.39 is 6.04 Å². The fraction of sp³-hybridized carbons (Fsp3) is 0.286. The average molecular weight is 426 g/mol. The van der Waals surface area contributed by atoms with Crippen LogP contribution in [0.1, 0.15) is 32.0 Å². The fourth-order valence-electron chi connectivity index (χ4n) is 3.42. The van der Waals surface area contributed by atoms with Gasteiger partial charge in [-0.15, -0.1) is 11.3 Å². The van der Waals surface area contributed by atoms with Gasteiger partial charge in [0, 0.05) is 35.1 Å². The normalized spacial score (nSPS) is 14.6. The van der Waals surface area contributed by atoms with Crippen molar-refractivity contribution >= 4 is 39.4 Å². The molecule has 0 bridgehead atoms. The van der Waals surface area contributed by atoms with Crippen LogP contribution in [0, 0.1) is 0 Å². The number of benzene rings is 1. The van der Waals surface area contributed by atoms with Crippen LogP contribution in [0.5, 0.6) is 0 Å². The monoisotopic (exact) mass is 425 g/mol. The zero-order chi connectivity index (χ0) is 20.5. The van der Waals surface area contributed by atoms with Crippen molar-refractivity contribution in [1.82, 2.24) is 19.1 Å². The number of hydrogen-bond acceptors (Lipinski definition) is 6. The van der Waals surface area contributed by atoms with Crippen molar-refractivity contribution in [2.75, 3.05) is 0 Å². The Bertz CT molecular complexity index is 1100. The number of allylic oxidation sites excluding steroid dienone is 2. The lowest BCUT2D eigenvalue weighted by Gasteiger charge is -2.22. The Morgan fingerprint density at radius 3 is 2.90 bits per heavy atom. The summed E-state index contributed by atoms with van der Waals surface area (Å²) < 4.78 is 3.03. The minimum Gasteiger partial charge on any atom is -0.331 e. The number of rotatable bonds is 5. The number of carbonyl (C=O) groups is 1. The van der Waals surface area contributed by atoms with E-state index in [1.807, 2.05) is 54.8 Å². The summed E-state index contributed by atoms with van der Waals surface area (Å²) in [5.41, 5.74) is 13.1. The van der Waals surface area contributed by atoms with Crippen molar-refractivity contribution in [1.29, 1.82) is 0 Å². The van der Waals surface area contributed by atoms with Gasteiger partial charge in [-0.1, -0.05) is 17.7 Å². The predicted octanol–water partition coefficient (Wildman–Crippen LogP) is 4.13. The Hall–Kier alpha value is -2.42. The molecular weight excluding hydrogens is 402 g/mol. The van der Waals surface area contributed by atoms with Crippen LogP contribution in [0.2, 0.25) is 0 Å².